The molecule has 18 aliphatic heterocycles. The largest absolute Gasteiger partial charge is 0.356 e. The summed E-state index contributed by atoms with van der Waals surface area (Å²) < 4.78 is 32.1. The molecule has 24 heterocycles. The average molecular weight is 1550 g/mol. The fourth-order valence-corrected chi connectivity index (χ4v) is 24.0. The molecule has 18 aliphatic rings. The fourth-order valence-electron chi connectivity index (χ4n) is 23.3. The molecule has 6 atom stereocenters. The van der Waals surface area contributed by atoms with Crippen molar-refractivity contribution in [3.8, 4) is 0 Å². The Hall–Kier alpha value is -7.68. The van der Waals surface area contributed by atoms with E-state index in [1.54, 1.807) is 17.7 Å². The van der Waals surface area contributed by atoms with E-state index in [2.05, 4.69) is 151 Å². The molecule has 12 aromatic rings. The van der Waals surface area contributed by atoms with E-state index < -0.39 is 0 Å². The lowest BCUT2D eigenvalue weighted by Gasteiger charge is -2.45. The molecule has 6 aromatic carbocycles. The highest BCUT2D eigenvalue weighted by Gasteiger charge is 2.39. The minimum Gasteiger partial charge on any atom is -0.356 e. The second-order valence-corrected chi connectivity index (χ2v) is 37.4. The Morgan fingerprint density at radius 2 is 0.711 bits per heavy atom. The first-order valence-electron chi connectivity index (χ1n) is 44.7. The van der Waals surface area contributed by atoms with Crippen LogP contribution < -0.4 is 0 Å². The van der Waals surface area contributed by atoms with Gasteiger partial charge < -0.3 is 52.0 Å². The standard InChI is InChI=1S/5C16H20N2O.C16H20N2S/c1(3-14-11-18-7-5-13(14)6-8-18)12-2-4-16-15(9-12)10-17-19-16;1-3-14-10-17-19-16(14)9-12(1)2-4-15-11-18-7-5-13(15)6-8-18;1-2-13(15-10-17-19-16(15)3-1)4-5-14-11-18-8-6-12(14)7-9-18;1-2-13(16-14(3-1)10-17-19-16)4-5-15-11-18-8-6-12(15)7-9-18;1-2-4-16-14(3-1)15(17-19-16)6-5-13-11-18-9-7-12(13)8-10-18;1-2-13(16-14(3-1)10-17-19-16)4-5-15-11-18-8-6-12(15)7-9-18/h2,4,9-10,13-14H,1,3,5-8,11H2;1,3,9-10,13,15H,2,4-8,11H2;1-3,10,12,14H,4-9,11H2;1-3,10,12,15H,4-9,11H2;1-4,12-13H,5-11H2;1-3,10,12,15H,4-9,11H2. The Morgan fingerprint density at radius 3 is 1.27 bits per heavy atom. The zero-order valence-electron chi connectivity index (χ0n) is 67.3. The smallest absolute Gasteiger partial charge is 0.170 e. The summed E-state index contributed by atoms with van der Waals surface area (Å²) in [5.74, 6) is 11.3. The molecule has 18 fully saturated rings. The molecule has 0 radical (unpaired) electrons. The van der Waals surface area contributed by atoms with Crippen molar-refractivity contribution in [1.82, 2.24) is 59.6 Å². The first kappa shape index (κ1) is 76.3. The zero-order valence-corrected chi connectivity index (χ0v) is 68.1. The van der Waals surface area contributed by atoms with Gasteiger partial charge in [0.2, 0.25) is 0 Å². The number of benzene rings is 6. The van der Waals surface area contributed by atoms with Crippen molar-refractivity contribution in [2.45, 2.75) is 154 Å². The number of aryl methyl sites for hydroxylation is 6. The van der Waals surface area contributed by atoms with Gasteiger partial charge in [0.05, 0.1) is 35.2 Å². The number of aromatic nitrogens is 6. The first-order chi connectivity index (χ1) is 56.4. The third-order valence-electron chi connectivity index (χ3n) is 30.2. The van der Waals surface area contributed by atoms with E-state index in [4.69, 9.17) is 22.6 Å². The van der Waals surface area contributed by atoms with Crippen LogP contribution >= 0.6 is 11.5 Å². The molecule has 600 valence electrons. The van der Waals surface area contributed by atoms with E-state index in [1.165, 1.54) is 301 Å². The topological polar surface area (TPSA) is 162 Å². The van der Waals surface area contributed by atoms with E-state index in [0.717, 1.165) is 140 Å². The SMILES string of the molecule is c1cc(CCC2CN3CCC2CC3)c2cnoc2c1.c1cc(CCC2CN3CCC2CC3)c2oncc2c1.c1cc(CCC2CN3CCC2CC3)c2sncc2c1.c1cc2cnoc2cc1CCC1CN2CCC1CC2.c1cc2oncc2cc1CCC1CN2CCC1CC2.c1ccc2c(CCC3CN4CCC3CC4)noc2c1. The molecule has 18 saturated heterocycles. The predicted molar refractivity (Wildman–Crippen MR) is 456 cm³/mol. The van der Waals surface area contributed by atoms with Crippen LogP contribution in [-0.4, -0.2) is 177 Å². The maximum atomic E-state index is 5.39. The summed E-state index contributed by atoms with van der Waals surface area (Å²) in [6, 6.07) is 40.5. The van der Waals surface area contributed by atoms with E-state index >= 15 is 0 Å². The first-order valence-corrected chi connectivity index (χ1v) is 45.4. The van der Waals surface area contributed by atoms with Crippen LogP contribution in [-0.2, 0) is 38.5 Å². The van der Waals surface area contributed by atoms with Crippen molar-refractivity contribution in [3.05, 3.63) is 180 Å². The molecule has 30 rings (SSSR count). The number of nitrogens with zero attached hydrogens (tertiary/aromatic N) is 12. The Balaban J connectivity index is 0.0000000917. The third-order valence-corrected chi connectivity index (χ3v) is 31.1. The molecule has 114 heavy (non-hydrogen) atoms. The Bertz CT molecular complexity index is 4670. The minimum atomic E-state index is 0.873. The van der Waals surface area contributed by atoms with Gasteiger partial charge in [-0.05, 0) is 392 Å². The summed E-state index contributed by atoms with van der Waals surface area (Å²) >= 11 is 1.66. The van der Waals surface area contributed by atoms with E-state index in [9.17, 15) is 0 Å². The number of piperidine rings is 18. The number of hydrogen-bond acceptors (Lipinski definition) is 18. The van der Waals surface area contributed by atoms with Gasteiger partial charge >= 0.3 is 0 Å². The minimum absolute atomic E-state index is 0.873. The van der Waals surface area contributed by atoms with Crippen molar-refractivity contribution in [1.29, 1.82) is 0 Å². The lowest BCUT2D eigenvalue weighted by Crippen LogP contribution is -2.47. The van der Waals surface area contributed by atoms with Crippen LogP contribution in [0.4, 0.5) is 0 Å². The third kappa shape index (κ3) is 18.1. The molecular formula is C96H120N12O5S. The summed E-state index contributed by atoms with van der Waals surface area (Å²) in [6.45, 7) is 24.0. The van der Waals surface area contributed by atoms with Gasteiger partial charge in [-0.1, -0.05) is 92.5 Å². The number of para-hydroxylation sites is 2. The molecule has 0 saturated carbocycles. The maximum Gasteiger partial charge on any atom is 0.170 e. The molecule has 12 bridgehead atoms. The van der Waals surface area contributed by atoms with Crippen LogP contribution in [0.2, 0.25) is 0 Å². The van der Waals surface area contributed by atoms with Gasteiger partial charge in [-0.25, -0.2) is 0 Å². The van der Waals surface area contributed by atoms with Gasteiger partial charge in [0.25, 0.3) is 0 Å². The fraction of sp³-hybridized carbons (Fsp3) is 0.562. The number of fused-ring (bicyclic) bond motifs is 24. The van der Waals surface area contributed by atoms with Crippen LogP contribution in [0.25, 0.3) is 64.9 Å². The molecule has 0 N–H and O–H groups in total. The summed E-state index contributed by atoms with van der Waals surface area (Å²) in [5, 5.41) is 26.8. The second kappa shape index (κ2) is 36.0. The molecule has 17 nitrogen and oxygen atoms in total. The molecule has 6 aromatic heterocycles. The maximum absolute atomic E-state index is 5.39. The number of hydrogen-bond donors (Lipinski definition) is 0. The van der Waals surface area contributed by atoms with Crippen molar-refractivity contribution in [2.75, 3.05) is 118 Å². The highest BCUT2D eigenvalue weighted by Crippen LogP contribution is 2.42. The van der Waals surface area contributed by atoms with Crippen molar-refractivity contribution < 1.29 is 22.6 Å². The summed E-state index contributed by atoms with van der Waals surface area (Å²) in [5.41, 5.74) is 12.8. The highest BCUT2D eigenvalue weighted by molar-refractivity contribution is 7.13. The predicted octanol–water partition coefficient (Wildman–Crippen LogP) is 19.1. The second-order valence-electron chi connectivity index (χ2n) is 36.6. The van der Waals surface area contributed by atoms with Gasteiger partial charge in [-0.15, -0.1) is 0 Å². The molecular weight excluding hydrogens is 1430 g/mol. The lowest BCUT2D eigenvalue weighted by atomic mass is 9.76. The van der Waals surface area contributed by atoms with Crippen molar-refractivity contribution >= 4 is 76.5 Å². The van der Waals surface area contributed by atoms with Gasteiger partial charge in [0.1, 0.15) is 0 Å². The average Bonchev–Trinajstić information content (AvgIpc) is 1.67. The van der Waals surface area contributed by atoms with E-state index in [0.29, 0.717) is 0 Å². The molecule has 0 amide bonds. The summed E-state index contributed by atoms with van der Waals surface area (Å²) in [4.78, 5) is 15.9. The Morgan fingerprint density at radius 1 is 0.298 bits per heavy atom. The molecule has 18 heteroatoms. The Kier molecular flexibility index (Phi) is 24.1. The van der Waals surface area contributed by atoms with Crippen LogP contribution in [0.1, 0.15) is 149 Å². The van der Waals surface area contributed by atoms with Gasteiger partial charge in [-0.2, -0.15) is 4.37 Å². The summed E-state index contributed by atoms with van der Waals surface area (Å²) in [7, 11) is 0. The number of rotatable bonds is 18. The monoisotopic (exact) mass is 1550 g/mol. The van der Waals surface area contributed by atoms with Crippen LogP contribution in [0.15, 0.2) is 169 Å². The van der Waals surface area contributed by atoms with Crippen LogP contribution in [0.5, 0.6) is 0 Å². The highest BCUT2D eigenvalue weighted by atomic mass is 32.1. The van der Waals surface area contributed by atoms with E-state index in [-0.39, 0.29) is 0 Å². The van der Waals surface area contributed by atoms with E-state index in [1.807, 2.05) is 49.1 Å². The van der Waals surface area contributed by atoms with Crippen LogP contribution in [0, 0.1) is 71.0 Å². The molecule has 0 spiro atoms. The quantitative estimate of drug-likeness (QED) is 0.0796. The Labute approximate surface area is 677 Å². The zero-order chi connectivity index (χ0) is 75.9. The summed E-state index contributed by atoms with van der Waals surface area (Å²) in [6.07, 6.45) is 41.1. The van der Waals surface area contributed by atoms with Crippen molar-refractivity contribution in [3.63, 3.8) is 0 Å². The molecule has 6 unspecified atom stereocenters. The van der Waals surface area contributed by atoms with Gasteiger partial charge in [0, 0.05) is 77.8 Å². The van der Waals surface area contributed by atoms with Crippen molar-refractivity contribution in [2.24, 2.45) is 71.0 Å². The van der Waals surface area contributed by atoms with Gasteiger partial charge in [-0.3, -0.25) is 0 Å². The normalized spacial score (nSPS) is 30.0. The van der Waals surface area contributed by atoms with Crippen LogP contribution in [0.3, 0.4) is 0 Å². The lowest BCUT2D eigenvalue weighted by molar-refractivity contribution is 0.0468. The molecule has 0 aliphatic carbocycles. The van der Waals surface area contributed by atoms with Gasteiger partial charge in [0.15, 0.2) is 27.9 Å².